The van der Waals surface area contributed by atoms with Crippen LogP contribution in [0.2, 0.25) is 0 Å². The second-order valence-electron chi connectivity index (χ2n) is 2.00. The van der Waals surface area contributed by atoms with Gasteiger partial charge in [-0.1, -0.05) is 12.1 Å². The Bertz CT molecular complexity index is 241. The average molecular weight is 337 g/mol. The molecular formula is C6H4Cl3ISi. The molecule has 0 bridgehead atoms. The summed E-state index contributed by atoms with van der Waals surface area (Å²) in [6.45, 7) is 0. The highest BCUT2D eigenvalue weighted by Crippen LogP contribution is 2.19. The fourth-order valence-electron chi connectivity index (χ4n) is 0.639. The molecule has 1 aromatic rings. The molecule has 60 valence electrons. The van der Waals surface area contributed by atoms with Crippen LogP contribution in [0.3, 0.4) is 0 Å². The largest absolute Gasteiger partial charge is 0.372 e. The molecule has 0 radical (unpaired) electrons. The van der Waals surface area contributed by atoms with Crippen molar-refractivity contribution in [3.63, 3.8) is 0 Å². The van der Waals surface area contributed by atoms with Crippen LogP contribution >= 0.6 is 55.8 Å². The second-order valence-corrected chi connectivity index (χ2v) is 11.7. The molecule has 0 fully saturated rings. The number of hydrogen-bond acceptors (Lipinski definition) is 0. The van der Waals surface area contributed by atoms with Gasteiger partial charge in [0.05, 0.1) is 0 Å². The quantitative estimate of drug-likeness (QED) is 0.420. The first kappa shape index (κ1) is 10.1. The van der Waals surface area contributed by atoms with Crippen molar-refractivity contribution in [3.8, 4) is 0 Å². The maximum absolute atomic E-state index is 5.78. The summed E-state index contributed by atoms with van der Waals surface area (Å²) >= 11 is 19.5. The van der Waals surface area contributed by atoms with Gasteiger partial charge in [0.2, 0.25) is 0 Å². The summed E-state index contributed by atoms with van der Waals surface area (Å²) in [5.41, 5.74) is 0. The molecule has 1 aromatic carbocycles. The summed E-state index contributed by atoms with van der Waals surface area (Å²) in [5.74, 6) is 0. The minimum Gasteiger partial charge on any atom is -0.121 e. The van der Waals surface area contributed by atoms with Gasteiger partial charge < -0.3 is 0 Å². The predicted octanol–water partition coefficient (Wildman–Crippen LogP) is 3.15. The Morgan fingerprint density at radius 1 is 1.00 bits per heavy atom. The topological polar surface area (TPSA) is 0 Å². The van der Waals surface area contributed by atoms with Gasteiger partial charge in [0.25, 0.3) is 0 Å². The van der Waals surface area contributed by atoms with E-state index in [1.165, 1.54) is 0 Å². The van der Waals surface area contributed by atoms with E-state index >= 15 is 0 Å². The van der Waals surface area contributed by atoms with Crippen molar-refractivity contribution in [3.05, 3.63) is 27.8 Å². The fraction of sp³-hybridized carbons (Fsp3) is 0. The summed E-state index contributed by atoms with van der Waals surface area (Å²) in [7, 11) is 0. The summed E-state index contributed by atoms with van der Waals surface area (Å²) in [6.07, 6.45) is 0. The molecule has 0 aliphatic carbocycles. The van der Waals surface area contributed by atoms with Crippen LogP contribution in [0.15, 0.2) is 24.3 Å². The van der Waals surface area contributed by atoms with Gasteiger partial charge in [-0.2, -0.15) is 0 Å². The van der Waals surface area contributed by atoms with Gasteiger partial charge in [0, 0.05) is 3.57 Å². The van der Waals surface area contributed by atoms with Gasteiger partial charge in [0.15, 0.2) is 0 Å². The third-order valence-corrected chi connectivity index (χ3v) is 4.84. The zero-order valence-electron chi connectivity index (χ0n) is 5.32. The first-order valence-corrected chi connectivity index (χ1v) is 8.94. The Labute approximate surface area is 94.1 Å². The van der Waals surface area contributed by atoms with Crippen LogP contribution < -0.4 is 5.19 Å². The molecule has 5 heteroatoms. The van der Waals surface area contributed by atoms with E-state index in [1.807, 2.05) is 24.3 Å². The molecule has 0 saturated heterocycles. The van der Waals surface area contributed by atoms with Crippen LogP contribution in [0.25, 0.3) is 0 Å². The van der Waals surface area contributed by atoms with Crippen LogP contribution in [-0.4, -0.2) is 6.00 Å². The van der Waals surface area contributed by atoms with Crippen molar-refractivity contribution in [1.29, 1.82) is 0 Å². The van der Waals surface area contributed by atoms with Gasteiger partial charge in [-0.25, -0.2) is 0 Å². The molecule has 0 amide bonds. The minimum absolute atomic E-state index is 0.836. The first-order valence-electron chi connectivity index (χ1n) is 2.83. The van der Waals surface area contributed by atoms with Gasteiger partial charge in [-0.15, -0.1) is 33.2 Å². The van der Waals surface area contributed by atoms with Crippen molar-refractivity contribution in [2.24, 2.45) is 0 Å². The van der Waals surface area contributed by atoms with Crippen LogP contribution in [0, 0.1) is 3.57 Å². The molecule has 0 nitrogen and oxygen atoms in total. The van der Waals surface area contributed by atoms with Gasteiger partial charge >= 0.3 is 6.00 Å². The zero-order valence-corrected chi connectivity index (χ0v) is 10.7. The third-order valence-electron chi connectivity index (χ3n) is 1.17. The second kappa shape index (κ2) is 3.83. The van der Waals surface area contributed by atoms with Gasteiger partial charge in [-0.3, -0.25) is 0 Å². The number of benzene rings is 1. The zero-order chi connectivity index (χ0) is 8.48. The Kier molecular flexibility index (Phi) is 3.52. The van der Waals surface area contributed by atoms with Crippen molar-refractivity contribution in [2.75, 3.05) is 0 Å². The lowest BCUT2D eigenvalue weighted by Gasteiger charge is -2.06. The van der Waals surface area contributed by atoms with Crippen LogP contribution in [0.4, 0.5) is 0 Å². The van der Waals surface area contributed by atoms with Crippen molar-refractivity contribution in [2.45, 2.75) is 0 Å². The Hall–Kier alpha value is 1.04. The van der Waals surface area contributed by atoms with Gasteiger partial charge in [-0.05, 0) is 39.9 Å². The van der Waals surface area contributed by atoms with Crippen molar-refractivity contribution >= 4 is 67.0 Å². The minimum atomic E-state index is -2.64. The SMILES string of the molecule is Cl[Si](Cl)(Cl)c1ccc(I)cc1. The molecule has 0 atom stereocenters. The van der Waals surface area contributed by atoms with E-state index < -0.39 is 6.00 Å². The molecule has 0 aliphatic heterocycles. The monoisotopic (exact) mass is 336 g/mol. The Morgan fingerprint density at radius 2 is 1.45 bits per heavy atom. The molecule has 0 aromatic heterocycles. The molecular weight excluding hydrogens is 333 g/mol. The van der Waals surface area contributed by atoms with E-state index in [2.05, 4.69) is 22.6 Å². The lowest BCUT2D eigenvalue weighted by molar-refractivity contribution is 1.69. The molecule has 0 heterocycles. The predicted molar refractivity (Wildman–Crippen MR) is 62.1 cm³/mol. The molecule has 0 unspecified atom stereocenters. The highest BCUT2D eigenvalue weighted by Gasteiger charge is 2.27. The molecule has 0 saturated carbocycles. The standard InChI is InChI=1S/C6H4Cl3ISi/c7-11(8,9)6-3-1-5(10)2-4-6/h1-4H. The molecule has 0 N–H and O–H groups in total. The van der Waals surface area contributed by atoms with E-state index in [4.69, 9.17) is 33.2 Å². The maximum Gasteiger partial charge on any atom is 0.372 e. The average Bonchev–Trinajstić information content (AvgIpc) is 1.86. The van der Waals surface area contributed by atoms with E-state index in [0.29, 0.717) is 0 Å². The molecule has 1 rings (SSSR count). The van der Waals surface area contributed by atoms with Crippen LogP contribution in [0.1, 0.15) is 0 Å². The van der Waals surface area contributed by atoms with E-state index in [-0.39, 0.29) is 0 Å². The van der Waals surface area contributed by atoms with Crippen molar-refractivity contribution in [1.82, 2.24) is 0 Å². The smallest absolute Gasteiger partial charge is 0.121 e. The maximum atomic E-state index is 5.78. The van der Waals surface area contributed by atoms with E-state index in [9.17, 15) is 0 Å². The van der Waals surface area contributed by atoms with E-state index in [1.54, 1.807) is 0 Å². The summed E-state index contributed by atoms with van der Waals surface area (Å²) in [4.78, 5) is 0. The summed E-state index contributed by atoms with van der Waals surface area (Å²) in [5, 5.41) is 0.836. The Morgan fingerprint density at radius 3 is 1.82 bits per heavy atom. The summed E-state index contributed by atoms with van der Waals surface area (Å²) in [6, 6.07) is 4.95. The Balaban J connectivity index is 2.99. The first-order chi connectivity index (χ1) is 5.00. The molecule has 11 heavy (non-hydrogen) atoms. The lowest BCUT2D eigenvalue weighted by Crippen LogP contribution is -2.29. The van der Waals surface area contributed by atoms with E-state index in [0.717, 1.165) is 8.76 Å². The fourth-order valence-corrected chi connectivity index (χ4v) is 2.68. The number of halogens is 4. The normalized spacial score (nSPS) is 11.6. The number of rotatable bonds is 1. The number of hydrogen-bond donors (Lipinski definition) is 0. The van der Waals surface area contributed by atoms with Crippen LogP contribution in [-0.2, 0) is 0 Å². The van der Waals surface area contributed by atoms with Crippen LogP contribution in [0.5, 0.6) is 0 Å². The highest BCUT2D eigenvalue weighted by molar-refractivity contribution is 14.1. The lowest BCUT2D eigenvalue weighted by atomic mass is 10.4. The van der Waals surface area contributed by atoms with Crippen molar-refractivity contribution < 1.29 is 0 Å². The molecule has 0 aliphatic rings. The third kappa shape index (κ3) is 3.11. The highest BCUT2D eigenvalue weighted by atomic mass is 127. The van der Waals surface area contributed by atoms with Gasteiger partial charge in [0.1, 0.15) is 0 Å². The molecule has 0 spiro atoms. The summed E-state index contributed by atoms with van der Waals surface area (Å²) < 4.78 is 1.15.